The van der Waals surface area contributed by atoms with E-state index in [1.165, 1.54) is 11.0 Å². The van der Waals surface area contributed by atoms with Gasteiger partial charge >= 0.3 is 0 Å². The van der Waals surface area contributed by atoms with Crippen molar-refractivity contribution in [2.45, 2.75) is 20.5 Å². The van der Waals surface area contributed by atoms with E-state index in [0.717, 1.165) is 34.2 Å². The fourth-order valence-corrected chi connectivity index (χ4v) is 4.26. The Hall–Kier alpha value is -3.58. The van der Waals surface area contributed by atoms with Gasteiger partial charge in [0.05, 0.1) is 11.4 Å². The topological polar surface area (TPSA) is 55.8 Å². The van der Waals surface area contributed by atoms with Crippen LogP contribution in [0.2, 0.25) is 0 Å². The molecule has 7 heteroatoms. The summed E-state index contributed by atoms with van der Waals surface area (Å²) in [6.07, 6.45) is 1.68. The van der Waals surface area contributed by atoms with Gasteiger partial charge in [-0.25, -0.2) is 4.39 Å². The van der Waals surface area contributed by atoms with Gasteiger partial charge < -0.3 is 9.47 Å². The molecule has 1 aliphatic rings. The predicted molar refractivity (Wildman–Crippen MR) is 131 cm³/mol. The molecular weight excluding hydrogens is 453 g/mol. The molecule has 1 aliphatic heterocycles. The average molecular weight is 478 g/mol. The Morgan fingerprint density at radius 1 is 0.971 bits per heavy atom. The van der Waals surface area contributed by atoms with Gasteiger partial charge in [-0.2, -0.15) is 0 Å². The number of ether oxygens (including phenoxy) is 2. The quantitative estimate of drug-likeness (QED) is 0.365. The highest BCUT2D eigenvalue weighted by Crippen LogP contribution is 2.32. The van der Waals surface area contributed by atoms with E-state index in [4.69, 9.17) is 9.47 Å². The van der Waals surface area contributed by atoms with E-state index in [-0.39, 0.29) is 36.7 Å². The number of carbonyl (C=O) groups excluding carboxylic acids is 2. The van der Waals surface area contributed by atoms with E-state index in [1.54, 1.807) is 48.5 Å². The van der Waals surface area contributed by atoms with Crippen LogP contribution >= 0.6 is 11.8 Å². The van der Waals surface area contributed by atoms with Crippen LogP contribution in [-0.2, 0) is 11.4 Å². The van der Waals surface area contributed by atoms with E-state index in [1.807, 2.05) is 32.0 Å². The van der Waals surface area contributed by atoms with Gasteiger partial charge in [0.2, 0.25) is 0 Å². The summed E-state index contributed by atoms with van der Waals surface area (Å²) in [5.74, 6) is 0.686. The fourth-order valence-electron chi connectivity index (χ4n) is 3.39. The second kappa shape index (κ2) is 10.6. The number of thioether (sulfide) groups is 1. The molecule has 0 saturated carbocycles. The van der Waals surface area contributed by atoms with Gasteiger partial charge in [-0.1, -0.05) is 42.5 Å². The molecule has 0 bridgehead atoms. The lowest BCUT2D eigenvalue weighted by molar-refractivity contribution is -0.123. The number of rotatable bonds is 8. The average Bonchev–Trinajstić information content (AvgIpc) is 3.09. The SMILES string of the molecule is Cc1ccc(C)c(OCCN2C(=O)S/C(=C\c3ccc(OCc4ccccc4F)cc3)C2=O)c1. The van der Waals surface area contributed by atoms with Crippen LogP contribution in [0.3, 0.4) is 0 Å². The highest BCUT2D eigenvalue weighted by molar-refractivity contribution is 8.18. The Kier molecular flexibility index (Phi) is 7.33. The minimum Gasteiger partial charge on any atom is -0.491 e. The monoisotopic (exact) mass is 477 g/mol. The smallest absolute Gasteiger partial charge is 0.293 e. The zero-order valence-corrected chi connectivity index (χ0v) is 19.7. The normalized spacial score (nSPS) is 14.7. The van der Waals surface area contributed by atoms with Crippen LogP contribution in [0.4, 0.5) is 9.18 Å². The summed E-state index contributed by atoms with van der Waals surface area (Å²) in [6, 6.07) is 19.4. The minimum atomic E-state index is -0.334. The second-order valence-electron chi connectivity index (χ2n) is 7.90. The van der Waals surface area contributed by atoms with E-state index < -0.39 is 0 Å². The van der Waals surface area contributed by atoms with Crippen LogP contribution in [-0.4, -0.2) is 29.2 Å². The van der Waals surface area contributed by atoms with Crippen LogP contribution < -0.4 is 9.47 Å². The third kappa shape index (κ3) is 5.66. The van der Waals surface area contributed by atoms with Crippen LogP contribution in [0, 0.1) is 19.7 Å². The molecule has 1 heterocycles. The molecule has 4 rings (SSSR count). The first-order valence-corrected chi connectivity index (χ1v) is 11.6. The molecule has 5 nitrogen and oxygen atoms in total. The summed E-state index contributed by atoms with van der Waals surface area (Å²) < 4.78 is 25.2. The number of hydrogen-bond acceptors (Lipinski definition) is 5. The lowest BCUT2D eigenvalue weighted by Gasteiger charge is -2.14. The molecule has 34 heavy (non-hydrogen) atoms. The van der Waals surface area contributed by atoms with Crippen molar-refractivity contribution in [1.29, 1.82) is 0 Å². The van der Waals surface area contributed by atoms with Gasteiger partial charge in [-0.15, -0.1) is 0 Å². The molecule has 2 amide bonds. The van der Waals surface area contributed by atoms with Crippen molar-refractivity contribution in [1.82, 2.24) is 4.90 Å². The summed E-state index contributed by atoms with van der Waals surface area (Å²) in [4.78, 5) is 26.7. The van der Waals surface area contributed by atoms with Crippen LogP contribution in [0.5, 0.6) is 11.5 Å². The van der Waals surface area contributed by atoms with Gasteiger partial charge in [-0.05, 0) is 72.6 Å². The first-order chi connectivity index (χ1) is 16.4. The van der Waals surface area contributed by atoms with E-state index in [2.05, 4.69) is 0 Å². The van der Waals surface area contributed by atoms with E-state index in [0.29, 0.717) is 16.2 Å². The number of carbonyl (C=O) groups is 2. The van der Waals surface area contributed by atoms with Gasteiger partial charge in [0.15, 0.2) is 0 Å². The third-order valence-electron chi connectivity index (χ3n) is 5.32. The highest BCUT2D eigenvalue weighted by Gasteiger charge is 2.34. The zero-order chi connectivity index (χ0) is 24.1. The summed E-state index contributed by atoms with van der Waals surface area (Å²) >= 11 is 0.912. The Morgan fingerprint density at radius 3 is 2.50 bits per heavy atom. The number of hydrogen-bond donors (Lipinski definition) is 0. The van der Waals surface area contributed by atoms with Gasteiger partial charge in [0.25, 0.3) is 11.1 Å². The molecule has 0 aromatic heterocycles. The maximum atomic E-state index is 13.7. The maximum Gasteiger partial charge on any atom is 0.293 e. The summed E-state index contributed by atoms with van der Waals surface area (Å²) in [6.45, 7) is 4.46. The van der Waals surface area contributed by atoms with Crippen molar-refractivity contribution < 1.29 is 23.5 Å². The molecule has 0 spiro atoms. The molecule has 0 atom stereocenters. The lowest BCUT2D eigenvalue weighted by atomic mass is 10.1. The Labute approximate surface area is 202 Å². The third-order valence-corrected chi connectivity index (χ3v) is 6.23. The van der Waals surface area contributed by atoms with Crippen molar-refractivity contribution in [2.24, 2.45) is 0 Å². The molecule has 1 fully saturated rings. The lowest BCUT2D eigenvalue weighted by Crippen LogP contribution is -2.32. The van der Waals surface area contributed by atoms with Crippen molar-refractivity contribution in [3.8, 4) is 11.5 Å². The van der Waals surface area contributed by atoms with Crippen LogP contribution in [0.25, 0.3) is 6.08 Å². The molecule has 3 aromatic carbocycles. The molecule has 0 unspecified atom stereocenters. The zero-order valence-electron chi connectivity index (χ0n) is 18.9. The number of amides is 2. The largest absolute Gasteiger partial charge is 0.491 e. The number of aryl methyl sites for hydroxylation is 2. The Morgan fingerprint density at radius 2 is 1.74 bits per heavy atom. The van der Waals surface area contributed by atoms with Crippen molar-refractivity contribution in [3.63, 3.8) is 0 Å². The molecule has 3 aromatic rings. The summed E-state index contributed by atoms with van der Waals surface area (Å²) in [5, 5.41) is -0.314. The number of benzene rings is 3. The van der Waals surface area contributed by atoms with E-state index >= 15 is 0 Å². The second-order valence-corrected chi connectivity index (χ2v) is 8.89. The molecule has 0 N–H and O–H groups in total. The number of imide groups is 1. The number of halogens is 1. The van der Waals surface area contributed by atoms with Gasteiger partial charge in [-0.3, -0.25) is 14.5 Å². The number of nitrogens with zero attached hydrogens (tertiary/aromatic N) is 1. The summed E-state index contributed by atoms with van der Waals surface area (Å²) in [5.41, 5.74) is 3.32. The van der Waals surface area contributed by atoms with Crippen molar-refractivity contribution in [2.75, 3.05) is 13.2 Å². The molecule has 1 saturated heterocycles. The standard InChI is InChI=1S/C27H24FNO4S/c1-18-7-8-19(2)24(15-18)32-14-13-29-26(30)25(34-27(29)31)16-20-9-11-22(12-10-20)33-17-21-5-3-4-6-23(21)28/h3-12,15-16H,13-14,17H2,1-2H3/b25-16-. The Balaban J connectivity index is 1.34. The minimum absolute atomic E-state index is 0.120. The van der Waals surface area contributed by atoms with E-state index in [9.17, 15) is 14.0 Å². The summed E-state index contributed by atoms with van der Waals surface area (Å²) in [7, 11) is 0. The molecule has 174 valence electrons. The predicted octanol–water partition coefficient (Wildman–Crippen LogP) is 6.14. The van der Waals surface area contributed by atoms with Crippen LogP contribution in [0.15, 0.2) is 71.6 Å². The van der Waals surface area contributed by atoms with Crippen molar-refractivity contribution >= 4 is 29.0 Å². The first-order valence-electron chi connectivity index (χ1n) is 10.8. The van der Waals surface area contributed by atoms with Crippen LogP contribution in [0.1, 0.15) is 22.3 Å². The maximum absolute atomic E-state index is 13.7. The van der Waals surface area contributed by atoms with Gasteiger partial charge in [0, 0.05) is 5.56 Å². The Bertz CT molecular complexity index is 1240. The van der Waals surface area contributed by atoms with Crippen molar-refractivity contribution in [3.05, 3.63) is 99.7 Å². The fraction of sp³-hybridized carbons (Fsp3) is 0.185. The van der Waals surface area contributed by atoms with Gasteiger partial charge in [0.1, 0.15) is 30.5 Å². The molecule has 0 radical (unpaired) electrons. The molecule has 0 aliphatic carbocycles. The molecular formula is C27H24FNO4S. The first kappa shape index (κ1) is 23.6. The highest BCUT2D eigenvalue weighted by atomic mass is 32.2.